The first-order valence-electron chi connectivity index (χ1n) is 8.09. The van der Waals surface area contributed by atoms with Crippen molar-refractivity contribution in [1.29, 1.82) is 0 Å². The summed E-state index contributed by atoms with van der Waals surface area (Å²) in [7, 11) is 1.36. The van der Waals surface area contributed by atoms with E-state index in [0.717, 1.165) is 27.7 Å². The van der Waals surface area contributed by atoms with Gasteiger partial charge in [-0.25, -0.2) is 18.6 Å². The van der Waals surface area contributed by atoms with Gasteiger partial charge in [-0.3, -0.25) is 0 Å². The molecular weight excluding hydrogens is 394 g/mol. The molecule has 0 saturated carbocycles. The Morgan fingerprint density at radius 1 is 1.31 bits per heavy atom. The number of nitrogen functional groups attached to an aromatic ring is 1. The third-order valence-corrected chi connectivity index (χ3v) is 3.66. The molecule has 5 N–H and O–H groups in total. The van der Waals surface area contributed by atoms with Crippen molar-refractivity contribution in [1.82, 2.24) is 29.8 Å². The van der Waals surface area contributed by atoms with Gasteiger partial charge >= 0.3 is 5.69 Å². The van der Waals surface area contributed by atoms with E-state index in [-0.39, 0.29) is 29.7 Å². The van der Waals surface area contributed by atoms with Crippen molar-refractivity contribution in [2.45, 2.75) is 6.10 Å². The van der Waals surface area contributed by atoms with Crippen LogP contribution in [0.1, 0.15) is 0 Å². The van der Waals surface area contributed by atoms with Gasteiger partial charge in [-0.05, 0) is 16.5 Å². The predicted octanol–water partition coefficient (Wildman–Crippen LogP) is -0.908. The van der Waals surface area contributed by atoms with Gasteiger partial charge in [0.05, 0.1) is 18.5 Å². The van der Waals surface area contributed by atoms with Gasteiger partial charge in [0, 0.05) is 13.1 Å². The van der Waals surface area contributed by atoms with Crippen molar-refractivity contribution in [3.8, 4) is 11.4 Å². The Bertz CT molecular complexity index is 1090. The standard InChI is InChI=1S/C15H16F2N8O4/c1-24-15(28)25(23-22-24)11-3-10(20-14-19-4-9(17)13(18)21-14)8(16)2-12(11)29-6-7(27)5-26/h2-4,7,26-27H,5-6H2,1H3,(H3,18,19,20,21). The van der Waals surface area contributed by atoms with Crippen molar-refractivity contribution >= 4 is 17.5 Å². The number of anilines is 3. The molecule has 1 aromatic carbocycles. The van der Waals surface area contributed by atoms with E-state index in [1.165, 1.54) is 7.05 Å². The topological polar surface area (TPSA) is 166 Å². The maximum atomic E-state index is 14.6. The van der Waals surface area contributed by atoms with Gasteiger partial charge in [-0.2, -0.15) is 14.3 Å². The van der Waals surface area contributed by atoms with E-state index in [1.54, 1.807) is 0 Å². The number of benzene rings is 1. The second kappa shape index (κ2) is 8.15. The van der Waals surface area contributed by atoms with E-state index in [9.17, 15) is 18.7 Å². The van der Waals surface area contributed by atoms with Crippen LogP contribution in [-0.4, -0.2) is 59.3 Å². The largest absolute Gasteiger partial charge is 0.488 e. The van der Waals surface area contributed by atoms with Gasteiger partial charge in [0.1, 0.15) is 24.1 Å². The van der Waals surface area contributed by atoms with Gasteiger partial charge in [0.25, 0.3) is 0 Å². The Kier molecular flexibility index (Phi) is 5.65. The highest BCUT2D eigenvalue weighted by atomic mass is 19.1. The van der Waals surface area contributed by atoms with E-state index in [4.69, 9.17) is 15.6 Å². The van der Waals surface area contributed by atoms with Gasteiger partial charge in [-0.15, -0.1) is 0 Å². The zero-order chi connectivity index (χ0) is 21.1. The minimum absolute atomic E-state index is 0.0211. The van der Waals surface area contributed by atoms with Crippen LogP contribution in [0.5, 0.6) is 5.75 Å². The molecule has 2 aromatic heterocycles. The Labute approximate surface area is 161 Å². The van der Waals surface area contributed by atoms with Crippen molar-refractivity contribution in [3.05, 3.63) is 40.4 Å². The molecule has 1 atom stereocenters. The van der Waals surface area contributed by atoms with E-state index in [2.05, 4.69) is 25.7 Å². The van der Waals surface area contributed by atoms with Gasteiger partial charge in [0.2, 0.25) is 5.95 Å². The average Bonchev–Trinajstić information content (AvgIpc) is 3.03. The monoisotopic (exact) mass is 410 g/mol. The number of rotatable bonds is 7. The zero-order valence-corrected chi connectivity index (χ0v) is 15.0. The van der Waals surface area contributed by atoms with Crippen LogP contribution < -0.4 is 21.5 Å². The number of nitrogens with one attached hydrogen (secondary N) is 1. The summed E-state index contributed by atoms with van der Waals surface area (Å²) in [5.74, 6) is -2.46. The van der Waals surface area contributed by atoms with Gasteiger partial charge < -0.3 is 26.0 Å². The fourth-order valence-corrected chi connectivity index (χ4v) is 2.18. The lowest BCUT2D eigenvalue weighted by molar-refractivity contribution is 0.0534. The van der Waals surface area contributed by atoms with Crippen molar-refractivity contribution in [2.24, 2.45) is 7.05 Å². The lowest BCUT2D eigenvalue weighted by atomic mass is 10.2. The quantitative estimate of drug-likeness (QED) is 0.383. The van der Waals surface area contributed by atoms with Crippen molar-refractivity contribution < 1.29 is 23.7 Å². The first-order chi connectivity index (χ1) is 13.8. The van der Waals surface area contributed by atoms with Crippen LogP contribution in [0.3, 0.4) is 0 Å². The minimum Gasteiger partial charge on any atom is -0.488 e. The molecule has 3 aromatic rings. The van der Waals surface area contributed by atoms with Crippen LogP contribution in [-0.2, 0) is 7.05 Å². The molecule has 0 saturated heterocycles. The second-order valence-corrected chi connectivity index (χ2v) is 5.80. The van der Waals surface area contributed by atoms with E-state index in [1.807, 2.05) is 0 Å². The predicted molar refractivity (Wildman–Crippen MR) is 94.8 cm³/mol. The molecule has 0 aliphatic carbocycles. The fraction of sp³-hybridized carbons (Fsp3) is 0.267. The first kappa shape index (κ1) is 20.1. The number of ether oxygens (including phenoxy) is 1. The zero-order valence-electron chi connectivity index (χ0n) is 15.0. The average molecular weight is 410 g/mol. The molecule has 2 heterocycles. The number of hydrogen-bond acceptors (Lipinski definition) is 10. The van der Waals surface area contributed by atoms with Crippen LogP contribution in [0.25, 0.3) is 5.69 Å². The molecule has 0 fully saturated rings. The maximum absolute atomic E-state index is 14.6. The first-order valence-corrected chi connectivity index (χ1v) is 8.09. The Balaban J connectivity index is 2.04. The van der Waals surface area contributed by atoms with Crippen LogP contribution in [0.4, 0.5) is 26.2 Å². The summed E-state index contributed by atoms with van der Waals surface area (Å²) in [5.41, 5.74) is 4.50. The number of aliphatic hydroxyl groups excluding tert-OH is 2. The SMILES string of the molecule is Cn1nnn(-c2cc(Nc3ncc(F)c(N)n3)c(F)cc2OCC(O)CO)c1=O. The Hall–Kier alpha value is -3.65. The van der Waals surface area contributed by atoms with Crippen molar-refractivity contribution in [2.75, 3.05) is 24.3 Å². The highest BCUT2D eigenvalue weighted by Gasteiger charge is 2.19. The summed E-state index contributed by atoms with van der Waals surface area (Å²) in [6.07, 6.45) is -0.414. The molecule has 14 heteroatoms. The smallest absolute Gasteiger partial charge is 0.368 e. The molecule has 3 rings (SSSR count). The highest BCUT2D eigenvalue weighted by molar-refractivity contribution is 5.63. The third kappa shape index (κ3) is 4.27. The molecule has 154 valence electrons. The molecule has 0 amide bonds. The van der Waals surface area contributed by atoms with Crippen LogP contribution in [0.15, 0.2) is 23.1 Å². The maximum Gasteiger partial charge on any atom is 0.368 e. The molecule has 0 aliphatic heterocycles. The molecule has 0 spiro atoms. The highest BCUT2D eigenvalue weighted by Crippen LogP contribution is 2.30. The fourth-order valence-electron chi connectivity index (χ4n) is 2.18. The Morgan fingerprint density at radius 2 is 2.07 bits per heavy atom. The third-order valence-electron chi connectivity index (χ3n) is 3.66. The number of nitrogens with zero attached hydrogens (tertiary/aromatic N) is 6. The van der Waals surface area contributed by atoms with E-state index >= 15 is 0 Å². The number of halogens is 2. The summed E-state index contributed by atoms with van der Waals surface area (Å²) in [6, 6.07) is 2.09. The number of tetrazole rings is 1. The number of hydrogen-bond donors (Lipinski definition) is 4. The van der Waals surface area contributed by atoms with Crippen LogP contribution in [0.2, 0.25) is 0 Å². The van der Waals surface area contributed by atoms with Gasteiger partial charge in [0.15, 0.2) is 17.5 Å². The molecule has 0 radical (unpaired) electrons. The number of aromatic nitrogens is 6. The summed E-state index contributed by atoms with van der Waals surface area (Å²) in [6.45, 7) is -0.950. The number of aryl methyl sites for hydroxylation is 1. The molecule has 12 nitrogen and oxygen atoms in total. The second-order valence-electron chi connectivity index (χ2n) is 5.80. The lowest BCUT2D eigenvalue weighted by Crippen LogP contribution is -2.24. The summed E-state index contributed by atoms with van der Waals surface area (Å²) in [5, 5.41) is 28.1. The molecule has 1 unspecified atom stereocenters. The normalized spacial score (nSPS) is 12.0. The molecule has 29 heavy (non-hydrogen) atoms. The lowest BCUT2D eigenvalue weighted by Gasteiger charge is -2.15. The minimum atomic E-state index is -1.22. The molecular formula is C15H16F2N8O4. The Morgan fingerprint density at radius 3 is 2.69 bits per heavy atom. The summed E-state index contributed by atoms with van der Waals surface area (Å²) < 4.78 is 34.9. The van der Waals surface area contributed by atoms with Crippen LogP contribution in [0, 0.1) is 11.6 Å². The van der Waals surface area contributed by atoms with E-state index < -0.39 is 35.9 Å². The van der Waals surface area contributed by atoms with Gasteiger partial charge in [-0.1, -0.05) is 0 Å². The van der Waals surface area contributed by atoms with Crippen molar-refractivity contribution in [3.63, 3.8) is 0 Å². The number of nitrogens with two attached hydrogens (primary N) is 1. The molecule has 0 bridgehead atoms. The van der Waals surface area contributed by atoms with Crippen LogP contribution >= 0.6 is 0 Å². The molecule has 0 aliphatic rings. The summed E-state index contributed by atoms with van der Waals surface area (Å²) in [4.78, 5) is 19.5. The summed E-state index contributed by atoms with van der Waals surface area (Å²) >= 11 is 0. The van der Waals surface area contributed by atoms with E-state index in [0.29, 0.717) is 0 Å². The number of aliphatic hydroxyl groups is 2.